The first-order valence-electron chi connectivity index (χ1n) is 8.82. The van der Waals surface area contributed by atoms with E-state index in [1.54, 1.807) is 20.3 Å². The fraction of sp³-hybridized carbons (Fsp3) is 0.500. The van der Waals surface area contributed by atoms with Crippen LogP contribution in [0.15, 0.2) is 46.1 Å². The van der Waals surface area contributed by atoms with Crippen molar-refractivity contribution in [2.75, 3.05) is 13.1 Å². The van der Waals surface area contributed by atoms with Gasteiger partial charge in [-0.3, -0.25) is 14.3 Å². The highest BCUT2D eigenvalue weighted by Crippen LogP contribution is 2.42. The molecule has 0 saturated carbocycles. The third-order valence-corrected chi connectivity index (χ3v) is 5.57. The lowest BCUT2D eigenvalue weighted by Crippen LogP contribution is -2.45. The van der Waals surface area contributed by atoms with Gasteiger partial charge in [-0.25, -0.2) is 4.79 Å². The lowest BCUT2D eigenvalue weighted by Gasteiger charge is -2.44. The van der Waals surface area contributed by atoms with E-state index in [4.69, 9.17) is 0 Å². The zero-order chi connectivity index (χ0) is 18.2. The maximum absolute atomic E-state index is 12.4. The molecule has 5 nitrogen and oxygen atoms in total. The highest BCUT2D eigenvalue weighted by atomic mass is 16.2. The second-order valence-electron chi connectivity index (χ2n) is 7.85. The lowest BCUT2D eigenvalue weighted by molar-refractivity contribution is 0.0974. The summed E-state index contributed by atoms with van der Waals surface area (Å²) in [5, 5.41) is 0. The molecule has 0 radical (unpaired) electrons. The van der Waals surface area contributed by atoms with E-state index >= 15 is 0 Å². The molecule has 2 heterocycles. The Bertz CT molecular complexity index is 865. The number of hydrogen-bond donors (Lipinski definition) is 0. The van der Waals surface area contributed by atoms with Crippen LogP contribution in [0.2, 0.25) is 0 Å². The summed E-state index contributed by atoms with van der Waals surface area (Å²) < 4.78 is 2.68. The van der Waals surface area contributed by atoms with Gasteiger partial charge in [0.25, 0.3) is 5.56 Å². The first-order valence-corrected chi connectivity index (χ1v) is 8.82. The molecule has 0 amide bonds. The van der Waals surface area contributed by atoms with Crippen molar-refractivity contribution in [3.8, 4) is 0 Å². The smallest absolute Gasteiger partial charge is 0.303 e. The number of hydrogen-bond acceptors (Lipinski definition) is 3. The average Bonchev–Trinajstić information content (AvgIpc) is 2.60. The van der Waals surface area contributed by atoms with Gasteiger partial charge in [-0.2, -0.15) is 0 Å². The quantitative estimate of drug-likeness (QED) is 0.859. The number of rotatable bonds is 3. The van der Waals surface area contributed by atoms with Crippen LogP contribution < -0.4 is 11.2 Å². The average molecular weight is 341 g/mol. The predicted molar refractivity (Wildman–Crippen MR) is 99.8 cm³/mol. The maximum Gasteiger partial charge on any atom is 0.330 e. The van der Waals surface area contributed by atoms with E-state index in [-0.39, 0.29) is 16.7 Å². The monoisotopic (exact) mass is 341 g/mol. The van der Waals surface area contributed by atoms with Gasteiger partial charge in [-0.1, -0.05) is 44.2 Å². The molecule has 0 bridgehead atoms. The summed E-state index contributed by atoms with van der Waals surface area (Å²) in [5.41, 5.74) is 1.79. The van der Waals surface area contributed by atoms with E-state index in [1.807, 2.05) is 6.07 Å². The van der Waals surface area contributed by atoms with E-state index < -0.39 is 0 Å². The van der Waals surface area contributed by atoms with Crippen molar-refractivity contribution in [3.63, 3.8) is 0 Å². The standard InChI is InChI=1S/C20H27N3O2/c1-20(2)10-11-23(14-17(20)15-8-6-5-7-9-15)13-16-12-21(3)19(25)22(4)18(16)24/h5-9,12,17H,10-11,13-14H2,1-4H3. The van der Waals surface area contributed by atoms with Gasteiger partial charge in [0.1, 0.15) is 0 Å². The van der Waals surface area contributed by atoms with Crippen molar-refractivity contribution in [1.82, 2.24) is 14.0 Å². The molecular formula is C20H27N3O2. The third kappa shape index (κ3) is 3.47. The molecule has 1 aromatic heterocycles. The van der Waals surface area contributed by atoms with Crippen molar-refractivity contribution < 1.29 is 0 Å². The van der Waals surface area contributed by atoms with Crippen LogP contribution in [0, 0.1) is 5.41 Å². The van der Waals surface area contributed by atoms with Gasteiger partial charge in [0.05, 0.1) is 0 Å². The van der Waals surface area contributed by atoms with Crippen molar-refractivity contribution >= 4 is 0 Å². The van der Waals surface area contributed by atoms with Crippen LogP contribution in [0.5, 0.6) is 0 Å². The van der Waals surface area contributed by atoms with Crippen LogP contribution >= 0.6 is 0 Å². The molecule has 25 heavy (non-hydrogen) atoms. The molecule has 1 atom stereocenters. The summed E-state index contributed by atoms with van der Waals surface area (Å²) >= 11 is 0. The Morgan fingerprint density at radius 3 is 2.48 bits per heavy atom. The van der Waals surface area contributed by atoms with E-state index in [0.717, 1.165) is 19.5 Å². The second kappa shape index (κ2) is 6.64. The molecule has 2 aromatic rings. The van der Waals surface area contributed by atoms with Crippen LogP contribution in [0.1, 0.15) is 37.3 Å². The number of likely N-dealkylation sites (tertiary alicyclic amines) is 1. The maximum atomic E-state index is 12.4. The molecular weight excluding hydrogens is 314 g/mol. The predicted octanol–water partition coefficient (Wildman–Crippen LogP) is 2.10. The molecule has 0 aliphatic carbocycles. The first-order chi connectivity index (χ1) is 11.8. The zero-order valence-corrected chi connectivity index (χ0v) is 15.5. The van der Waals surface area contributed by atoms with E-state index in [9.17, 15) is 9.59 Å². The Kier molecular flexibility index (Phi) is 4.69. The number of piperidine rings is 1. The Morgan fingerprint density at radius 2 is 1.80 bits per heavy atom. The van der Waals surface area contributed by atoms with Crippen molar-refractivity contribution in [2.24, 2.45) is 19.5 Å². The molecule has 1 unspecified atom stereocenters. The van der Waals surface area contributed by atoms with E-state index in [2.05, 4.69) is 43.0 Å². The van der Waals surface area contributed by atoms with E-state index in [1.165, 1.54) is 14.7 Å². The van der Waals surface area contributed by atoms with Crippen LogP contribution in [-0.4, -0.2) is 27.1 Å². The van der Waals surface area contributed by atoms with Crippen LogP contribution in [0.25, 0.3) is 0 Å². The van der Waals surface area contributed by atoms with E-state index in [0.29, 0.717) is 18.0 Å². The van der Waals surface area contributed by atoms with Gasteiger partial charge in [0.2, 0.25) is 0 Å². The number of aryl methyl sites for hydroxylation is 1. The largest absolute Gasteiger partial charge is 0.330 e. The summed E-state index contributed by atoms with van der Waals surface area (Å²) in [6, 6.07) is 10.6. The minimum absolute atomic E-state index is 0.191. The van der Waals surface area contributed by atoms with Crippen molar-refractivity contribution in [2.45, 2.75) is 32.7 Å². The van der Waals surface area contributed by atoms with Crippen LogP contribution in [0.3, 0.4) is 0 Å². The second-order valence-corrected chi connectivity index (χ2v) is 7.85. The Hall–Kier alpha value is -2.14. The first kappa shape index (κ1) is 17.7. The summed E-state index contributed by atoms with van der Waals surface area (Å²) in [5.74, 6) is 0.429. The molecule has 134 valence electrons. The molecule has 0 N–H and O–H groups in total. The molecule has 1 aliphatic heterocycles. The fourth-order valence-corrected chi connectivity index (χ4v) is 3.84. The molecule has 1 aromatic carbocycles. The van der Waals surface area contributed by atoms with Gasteiger partial charge in [0.15, 0.2) is 0 Å². The number of benzene rings is 1. The van der Waals surface area contributed by atoms with Crippen molar-refractivity contribution in [3.05, 3.63) is 68.5 Å². The minimum Gasteiger partial charge on any atom is -0.303 e. The lowest BCUT2D eigenvalue weighted by atomic mass is 9.70. The zero-order valence-electron chi connectivity index (χ0n) is 15.5. The number of nitrogens with zero attached hydrogens (tertiary/aromatic N) is 3. The van der Waals surface area contributed by atoms with Crippen molar-refractivity contribution in [1.29, 1.82) is 0 Å². The SMILES string of the molecule is Cn1cc(CN2CCC(C)(C)C(c3ccccc3)C2)c(=O)n(C)c1=O. The topological polar surface area (TPSA) is 47.2 Å². The summed E-state index contributed by atoms with van der Waals surface area (Å²) in [7, 11) is 3.23. The van der Waals surface area contributed by atoms with Crippen LogP contribution in [0.4, 0.5) is 0 Å². The Morgan fingerprint density at radius 1 is 1.12 bits per heavy atom. The molecule has 3 rings (SSSR count). The van der Waals surface area contributed by atoms with Crippen LogP contribution in [-0.2, 0) is 20.6 Å². The summed E-state index contributed by atoms with van der Waals surface area (Å²) in [6.45, 7) is 7.12. The van der Waals surface area contributed by atoms with Gasteiger partial charge in [-0.15, -0.1) is 0 Å². The summed E-state index contributed by atoms with van der Waals surface area (Å²) in [6.07, 6.45) is 2.76. The molecule has 5 heteroatoms. The molecule has 1 aliphatic rings. The molecule has 1 fully saturated rings. The fourth-order valence-electron chi connectivity index (χ4n) is 3.84. The van der Waals surface area contributed by atoms with Gasteiger partial charge < -0.3 is 4.57 Å². The summed E-state index contributed by atoms with van der Waals surface area (Å²) in [4.78, 5) is 26.6. The third-order valence-electron chi connectivity index (χ3n) is 5.57. The molecule has 0 spiro atoms. The van der Waals surface area contributed by atoms with Gasteiger partial charge >= 0.3 is 5.69 Å². The minimum atomic E-state index is -0.282. The normalized spacial score (nSPS) is 20.6. The van der Waals surface area contributed by atoms with Gasteiger partial charge in [-0.05, 0) is 23.9 Å². The number of aromatic nitrogens is 2. The van der Waals surface area contributed by atoms with Gasteiger partial charge in [0, 0.05) is 44.9 Å². The Balaban J connectivity index is 1.86. The Labute approximate surface area is 148 Å². The highest BCUT2D eigenvalue weighted by Gasteiger charge is 2.36. The highest BCUT2D eigenvalue weighted by molar-refractivity contribution is 5.23. The molecule has 1 saturated heterocycles.